The van der Waals surface area contributed by atoms with Gasteiger partial charge in [-0.05, 0) is 55.3 Å². The van der Waals surface area contributed by atoms with Crippen molar-refractivity contribution in [2.75, 3.05) is 0 Å². The lowest BCUT2D eigenvalue weighted by molar-refractivity contribution is 0.619. The van der Waals surface area contributed by atoms with Gasteiger partial charge in [0.15, 0.2) is 0 Å². The molecular weight excluding hydrogens is 267 g/mol. The summed E-state index contributed by atoms with van der Waals surface area (Å²) in [7, 11) is 0. The Morgan fingerprint density at radius 3 is 2.57 bits per heavy atom. The highest BCUT2D eigenvalue weighted by Gasteiger charge is 2.11. The topological polar surface area (TPSA) is 67.7 Å². The molecule has 3 aromatic rings. The second kappa shape index (κ2) is 4.70. The van der Waals surface area contributed by atoms with E-state index in [1.54, 1.807) is 23.0 Å². The fraction of sp³-hybridized carbons (Fsp3) is 0.125. The van der Waals surface area contributed by atoms with Gasteiger partial charge in [-0.25, -0.2) is 9.37 Å². The predicted octanol–water partition coefficient (Wildman–Crippen LogP) is 3.07. The summed E-state index contributed by atoms with van der Waals surface area (Å²) in [5.74, 6) is -0.581. The van der Waals surface area contributed by atoms with E-state index in [1.807, 2.05) is 26.0 Å². The molecule has 0 amide bonds. The minimum Gasteiger partial charge on any atom is -0.384 e. The Hall–Kier alpha value is -2.69. The summed E-state index contributed by atoms with van der Waals surface area (Å²) < 4.78 is 16.0. The minimum absolute atomic E-state index is 0.151. The van der Waals surface area contributed by atoms with E-state index in [-0.39, 0.29) is 5.84 Å². The van der Waals surface area contributed by atoms with Crippen LogP contribution in [-0.2, 0) is 0 Å². The van der Waals surface area contributed by atoms with Crippen molar-refractivity contribution in [3.8, 4) is 5.69 Å². The monoisotopic (exact) mass is 282 g/mol. The second-order valence-electron chi connectivity index (χ2n) is 5.12. The molecule has 0 unspecified atom stereocenters. The molecule has 0 aliphatic carbocycles. The second-order valence-corrected chi connectivity index (χ2v) is 5.12. The van der Waals surface area contributed by atoms with Gasteiger partial charge < -0.3 is 5.73 Å². The number of nitrogens with two attached hydrogens (primary N) is 1. The number of halogens is 1. The van der Waals surface area contributed by atoms with Crippen LogP contribution < -0.4 is 5.73 Å². The maximum Gasteiger partial charge on any atom is 0.147 e. The summed E-state index contributed by atoms with van der Waals surface area (Å²) in [6, 6.07) is 8.50. The molecule has 0 aliphatic rings. The molecule has 0 fully saturated rings. The highest BCUT2D eigenvalue weighted by atomic mass is 19.1. The number of aromatic nitrogens is 2. The van der Waals surface area contributed by atoms with E-state index in [1.165, 1.54) is 6.07 Å². The summed E-state index contributed by atoms with van der Waals surface area (Å²) in [5.41, 5.74) is 10.1. The molecule has 2 aromatic carbocycles. The van der Waals surface area contributed by atoms with E-state index >= 15 is 0 Å². The van der Waals surface area contributed by atoms with Crippen molar-refractivity contribution in [1.29, 1.82) is 5.41 Å². The van der Waals surface area contributed by atoms with Crippen molar-refractivity contribution in [2.45, 2.75) is 13.8 Å². The van der Waals surface area contributed by atoms with Gasteiger partial charge in [-0.15, -0.1) is 0 Å². The molecule has 1 aromatic heterocycles. The largest absolute Gasteiger partial charge is 0.384 e. The Labute approximate surface area is 121 Å². The van der Waals surface area contributed by atoms with Crippen LogP contribution in [0, 0.1) is 25.1 Å². The molecule has 0 aliphatic heterocycles. The van der Waals surface area contributed by atoms with Crippen molar-refractivity contribution in [2.24, 2.45) is 5.73 Å². The summed E-state index contributed by atoms with van der Waals surface area (Å²) >= 11 is 0. The molecule has 0 bridgehead atoms. The first kappa shape index (κ1) is 13.3. The van der Waals surface area contributed by atoms with Gasteiger partial charge in [-0.1, -0.05) is 0 Å². The van der Waals surface area contributed by atoms with Gasteiger partial charge in [0.05, 0.1) is 16.7 Å². The van der Waals surface area contributed by atoms with E-state index < -0.39 is 5.82 Å². The maximum absolute atomic E-state index is 14.3. The average molecular weight is 282 g/mol. The molecule has 0 spiro atoms. The van der Waals surface area contributed by atoms with Crippen LogP contribution >= 0.6 is 0 Å². The Morgan fingerprint density at radius 2 is 1.90 bits per heavy atom. The number of hydrogen-bond donors (Lipinski definition) is 2. The smallest absolute Gasteiger partial charge is 0.147 e. The van der Waals surface area contributed by atoms with Crippen LogP contribution in [0.4, 0.5) is 4.39 Å². The molecule has 0 saturated heterocycles. The van der Waals surface area contributed by atoms with Gasteiger partial charge in [-0.3, -0.25) is 9.98 Å². The molecular formula is C16H15FN4. The number of rotatable bonds is 2. The molecule has 106 valence electrons. The van der Waals surface area contributed by atoms with Crippen LogP contribution in [0.1, 0.15) is 16.7 Å². The van der Waals surface area contributed by atoms with E-state index in [0.29, 0.717) is 11.3 Å². The first-order valence-electron chi connectivity index (χ1n) is 6.56. The van der Waals surface area contributed by atoms with Gasteiger partial charge in [0.2, 0.25) is 0 Å². The zero-order valence-electron chi connectivity index (χ0n) is 11.8. The molecule has 0 radical (unpaired) electrons. The third-order valence-electron chi connectivity index (χ3n) is 3.68. The van der Waals surface area contributed by atoms with Gasteiger partial charge >= 0.3 is 0 Å². The van der Waals surface area contributed by atoms with Gasteiger partial charge in [-0.2, -0.15) is 0 Å². The molecule has 0 saturated carbocycles. The number of benzene rings is 2. The molecule has 3 rings (SSSR count). The minimum atomic E-state index is -0.430. The first-order valence-corrected chi connectivity index (χ1v) is 6.56. The maximum atomic E-state index is 14.3. The van der Waals surface area contributed by atoms with Gasteiger partial charge in [0, 0.05) is 5.56 Å². The van der Waals surface area contributed by atoms with Crippen molar-refractivity contribution < 1.29 is 4.39 Å². The average Bonchev–Trinajstić information content (AvgIpc) is 2.82. The number of fused-ring (bicyclic) bond motifs is 1. The molecule has 21 heavy (non-hydrogen) atoms. The first-order chi connectivity index (χ1) is 9.97. The summed E-state index contributed by atoms with van der Waals surface area (Å²) in [6.45, 7) is 4.04. The fourth-order valence-electron chi connectivity index (χ4n) is 2.33. The highest BCUT2D eigenvalue weighted by molar-refractivity contribution is 5.95. The standard InChI is InChI=1S/C16H15FN4/c1-9-5-13-15(6-10(9)2)21(8-20-13)14-4-3-11(16(18)19)7-12(14)17/h3-8H,1-2H3,(H3,18,19). The van der Waals surface area contributed by atoms with Crippen LogP contribution in [0.25, 0.3) is 16.7 Å². The zero-order chi connectivity index (χ0) is 15.1. The number of nitrogens with zero attached hydrogens (tertiary/aromatic N) is 2. The molecule has 3 N–H and O–H groups in total. The highest BCUT2D eigenvalue weighted by Crippen LogP contribution is 2.23. The lowest BCUT2D eigenvalue weighted by Crippen LogP contribution is -2.11. The van der Waals surface area contributed by atoms with Gasteiger partial charge in [0.25, 0.3) is 0 Å². The Bertz CT molecular complexity index is 864. The number of amidine groups is 1. The van der Waals surface area contributed by atoms with Crippen molar-refractivity contribution in [3.63, 3.8) is 0 Å². The van der Waals surface area contributed by atoms with E-state index in [2.05, 4.69) is 4.98 Å². The lowest BCUT2D eigenvalue weighted by Gasteiger charge is -2.08. The quantitative estimate of drug-likeness (QED) is 0.560. The van der Waals surface area contributed by atoms with Crippen LogP contribution in [-0.4, -0.2) is 15.4 Å². The summed E-state index contributed by atoms with van der Waals surface area (Å²) in [5, 5.41) is 7.35. The SMILES string of the molecule is Cc1cc2ncn(-c3ccc(C(=N)N)cc3F)c2cc1C. The Morgan fingerprint density at radius 1 is 1.19 bits per heavy atom. The molecule has 4 nitrogen and oxygen atoms in total. The van der Waals surface area contributed by atoms with Gasteiger partial charge in [0.1, 0.15) is 18.0 Å². The molecule has 1 heterocycles. The van der Waals surface area contributed by atoms with Crippen molar-refractivity contribution in [1.82, 2.24) is 9.55 Å². The van der Waals surface area contributed by atoms with Crippen LogP contribution in [0.2, 0.25) is 0 Å². The third kappa shape index (κ3) is 2.16. The molecule has 0 atom stereocenters. The number of nitrogen functional groups attached to an aromatic ring is 1. The van der Waals surface area contributed by atoms with Crippen LogP contribution in [0.15, 0.2) is 36.7 Å². The van der Waals surface area contributed by atoms with Crippen molar-refractivity contribution >= 4 is 16.9 Å². The fourth-order valence-corrected chi connectivity index (χ4v) is 2.33. The van der Waals surface area contributed by atoms with E-state index in [0.717, 1.165) is 22.2 Å². The van der Waals surface area contributed by atoms with E-state index in [9.17, 15) is 4.39 Å². The van der Waals surface area contributed by atoms with Crippen molar-refractivity contribution in [3.05, 3.63) is 59.2 Å². The number of hydrogen-bond acceptors (Lipinski definition) is 2. The normalized spacial score (nSPS) is 11.0. The Balaban J connectivity index is 2.21. The zero-order valence-corrected chi connectivity index (χ0v) is 11.8. The molecule has 5 heteroatoms. The lowest BCUT2D eigenvalue weighted by atomic mass is 10.1. The number of imidazole rings is 1. The summed E-state index contributed by atoms with van der Waals surface area (Å²) in [6.07, 6.45) is 1.61. The van der Waals surface area contributed by atoms with Crippen LogP contribution in [0.5, 0.6) is 0 Å². The summed E-state index contributed by atoms with van der Waals surface area (Å²) in [4.78, 5) is 4.32. The Kier molecular flexibility index (Phi) is 2.97. The third-order valence-corrected chi connectivity index (χ3v) is 3.68. The predicted molar refractivity (Wildman–Crippen MR) is 81.5 cm³/mol. The van der Waals surface area contributed by atoms with Crippen LogP contribution in [0.3, 0.4) is 0 Å². The number of aryl methyl sites for hydroxylation is 2. The number of nitrogens with one attached hydrogen (secondary N) is 1. The van der Waals surface area contributed by atoms with E-state index in [4.69, 9.17) is 11.1 Å².